The summed E-state index contributed by atoms with van der Waals surface area (Å²) in [7, 11) is 3.00. The van der Waals surface area contributed by atoms with Crippen molar-refractivity contribution in [2.75, 3.05) is 14.2 Å². The van der Waals surface area contributed by atoms with Gasteiger partial charge in [-0.15, -0.1) is 0 Å². The fourth-order valence-electron chi connectivity index (χ4n) is 2.34. The van der Waals surface area contributed by atoms with Crippen LogP contribution >= 0.6 is 0 Å². The normalized spacial score (nSPS) is 17.4. The van der Waals surface area contributed by atoms with Gasteiger partial charge in [-0.2, -0.15) is 0 Å². The molecule has 0 aliphatic heterocycles. The van der Waals surface area contributed by atoms with E-state index in [0.717, 1.165) is 0 Å². The zero-order valence-corrected chi connectivity index (χ0v) is 10.2. The lowest BCUT2D eigenvalue weighted by atomic mass is 9.97. The van der Waals surface area contributed by atoms with Gasteiger partial charge in [0.15, 0.2) is 5.78 Å². The van der Waals surface area contributed by atoms with Crippen molar-refractivity contribution in [2.45, 2.75) is 18.8 Å². The molecule has 1 aromatic rings. The molecule has 0 bridgehead atoms. The third-order valence-electron chi connectivity index (χ3n) is 3.13. The van der Waals surface area contributed by atoms with Gasteiger partial charge in [0.1, 0.15) is 11.5 Å². The molecule has 18 heavy (non-hydrogen) atoms. The van der Waals surface area contributed by atoms with Crippen LogP contribution < -0.4 is 9.47 Å². The number of carbonyl (C=O) groups excluding carboxylic acids is 1. The lowest BCUT2D eigenvalue weighted by Gasteiger charge is -2.12. The lowest BCUT2D eigenvalue weighted by Crippen LogP contribution is -2.03. The fourth-order valence-corrected chi connectivity index (χ4v) is 2.34. The number of Topliss-reactive ketones (excluding diaryl/α,β-unsaturated/α-hetero) is 1. The SMILES string of the molecule is COc1cc(OC)c2c(c1)C(CC(=O)O)CC2=O. The van der Waals surface area contributed by atoms with Crippen LogP contribution in [0.5, 0.6) is 11.5 Å². The van der Waals surface area contributed by atoms with Crippen LogP contribution in [0.25, 0.3) is 0 Å². The van der Waals surface area contributed by atoms with Crippen LogP contribution in [-0.2, 0) is 4.79 Å². The summed E-state index contributed by atoms with van der Waals surface area (Å²) in [6.07, 6.45) is 0.153. The minimum atomic E-state index is -0.914. The molecule has 1 N–H and O–H groups in total. The molecule has 0 saturated carbocycles. The lowest BCUT2D eigenvalue weighted by molar-refractivity contribution is -0.137. The summed E-state index contributed by atoms with van der Waals surface area (Å²) in [6.45, 7) is 0. The first-order valence-corrected chi connectivity index (χ1v) is 5.57. The van der Waals surface area contributed by atoms with E-state index in [2.05, 4.69) is 0 Å². The van der Waals surface area contributed by atoms with Crippen LogP contribution in [0.4, 0.5) is 0 Å². The Hall–Kier alpha value is -2.04. The van der Waals surface area contributed by atoms with Crippen molar-refractivity contribution in [3.63, 3.8) is 0 Å². The summed E-state index contributed by atoms with van der Waals surface area (Å²) in [6, 6.07) is 3.36. The van der Waals surface area contributed by atoms with E-state index in [1.807, 2.05) is 0 Å². The zero-order chi connectivity index (χ0) is 13.3. The van der Waals surface area contributed by atoms with Crippen molar-refractivity contribution in [3.05, 3.63) is 23.3 Å². The molecule has 1 unspecified atom stereocenters. The zero-order valence-electron chi connectivity index (χ0n) is 10.2. The second-order valence-electron chi connectivity index (χ2n) is 4.22. The molecule has 2 rings (SSSR count). The van der Waals surface area contributed by atoms with E-state index in [4.69, 9.17) is 14.6 Å². The Kier molecular flexibility index (Phi) is 3.23. The Balaban J connectivity index is 2.51. The van der Waals surface area contributed by atoms with Crippen LogP contribution in [0, 0.1) is 0 Å². The summed E-state index contributed by atoms with van der Waals surface area (Å²) in [4.78, 5) is 22.7. The van der Waals surface area contributed by atoms with E-state index >= 15 is 0 Å². The van der Waals surface area contributed by atoms with Crippen molar-refractivity contribution < 1.29 is 24.2 Å². The first kappa shape index (κ1) is 12.4. The number of carbonyl (C=O) groups is 2. The first-order chi connectivity index (χ1) is 8.56. The van der Waals surface area contributed by atoms with Gasteiger partial charge in [0, 0.05) is 18.4 Å². The number of carboxylic acids is 1. The van der Waals surface area contributed by atoms with Crippen LogP contribution in [-0.4, -0.2) is 31.1 Å². The number of hydrogen-bond donors (Lipinski definition) is 1. The monoisotopic (exact) mass is 250 g/mol. The molecule has 0 radical (unpaired) electrons. The molecule has 5 nitrogen and oxygen atoms in total. The van der Waals surface area contributed by atoms with Crippen LogP contribution in [0.15, 0.2) is 12.1 Å². The third-order valence-corrected chi connectivity index (χ3v) is 3.13. The van der Waals surface area contributed by atoms with E-state index < -0.39 is 5.97 Å². The van der Waals surface area contributed by atoms with E-state index in [1.54, 1.807) is 12.1 Å². The number of fused-ring (bicyclic) bond motifs is 1. The van der Waals surface area contributed by atoms with Gasteiger partial charge in [0.05, 0.1) is 26.2 Å². The molecular weight excluding hydrogens is 236 g/mol. The minimum Gasteiger partial charge on any atom is -0.497 e. The second-order valence-corrected chi connectivity index (χ2v) is 4.22. The van der Waals surface area contributed by atoms with Gasteiger partial charge in [-0.25, -0.2) is 0 Å². The summed E-state index contributed by atoms with van der Waals surface area (Å²) in [5.41, 5.74) is 1.20. The average molecular weight is 250 g/mol. The summed E-state index contributed by atoms with van der Waals surface area (Å²) < 4.78 is 10.3. The standard InChI is InChI=1S/C13H14O5/c1-17-8-5-9-7(4-12(15)16)3-10(14)13(9)11(6-8)18-2/h5-7H,3-4H2,1-2H3,(H,15,16). The van der Waals surface area contributed by atoms with Gasteiger partial charge in [-0.3, -0.25) is 9.59 Å². The quantitative estimate of drug-likeness (QED) is 0.882. The smallest absolute Gasteiger partial charge is 0.303 e. The van der Waals surface area contributed by atoms with Gasteiger partial charge >= 0.3 is 5.97 Å². The highest BCUT2D eigenvalue weighted by Crippen LogP contribution is 2.42. The highest BCUT2D eigenvalue weighted by Gasteiger charge is 2.34. The first-order valence-electron chi connectivity index (χ1n) is 5.57. The maximum absolute atomic E-state index is 11.9. The van der Waals surface area contributed by atoms with Crippen molar-refractivity contribution in [1.29, 1.82) is 0 Å². The van der Waals surface area contributed by atoms with E-state index in [0.29, 0.717) is 22.6 Å². The molecule has 0 amide bonds. The highest BCUT2D eigenvalue weighted by atomic mass is 16.5. The van der Waals surface area contributed by atoms with Crippen molar-refractivity contribution in [3.8, 4) is 11.5 Å². The molecule has 0 saturated heterocycles. The Morgan fingerprint density at radius 3 is 2.67 bits per heavy atom. The van der Waals surface area contributed by atoms with E-state index in [1.165, 1.54) is 14.2 Å². The molecule has 1 aliphatic carbocycles. The molecule has 1 atom stereocenters. The summed E-state index contributed by atoms with van der Waals surface area (Å²) in [5.74, 6) is -0.273. The van der Waals surface area contributed by atoms with Crippen molar-refractivity contribution >= 4 is 11.8 Å². The summed E-state index contributed by atoms with van der Waals surface area (Å²) in [5, 5.41) is 8.86. The number of ether oxygens (including phenoxy) is 2. The third kappa shape index (κ3) is 2.03. The number of benzene rings is 1. The number of carboxylic acid groups (broad SMARTS) is 1. The Bertz CT molecular complexity index is 506. The molecule has 0 spiro atoms. The molecule has 0 heterocycles. The van der Waals surface area contributed by atoms with E-state index in [9.17, 15) is 9.59 Å². The van der Waals surface area contributed by atoms with Gasteiger partial charge < -0.3 is 14.6 Å². The number of rotatable bonds is 4. The predicted molar refractivity (Wildman–Crippen MR) is 63.5 cm³/mol. The van der Waals surface area contributed by atoms with Crippen LogP contribution in [0.2, 0.25) is 0 Å². The van der Waals surface area contributed by atoms with E-state index in [-0.39, 0.29) is 24.5 Å². The fraction of sp³-hybridized carbons (Fsp3) is 0.385. The molecule has 0 fully saturated rings. The van der Waals surface area contributed by atoms with Crippen LogP contribution in [0.3, 0.4) is 0 Å². The maximum atomic E-state index is 11.9. The second kappa shape index (κ2) is 4.68. The number of methoxy groups -OCH3 is 2. The van der Waals surface area contributed by atoms with Crippen molar-refractivity contribution in [2.24, 2.45) is 0 Å². The number of hydrogen-bond acceptors (Lipinski definition) is 4. The molecular formula is C13H14O5. The average Bonchev–Trinajstić information content (AvgIpc) is 2.64. The van der Waals surface area contributed by atoms with Crippen LogP contribution in [0.1, 0.15) is 34.7 Å². The molecule has 5 heteroatoms. The molecule has 1 aliphatic rings. The molecule has 1 aromatic carbocycles. The highest BCUT2D eigenvalue weighted by molar-refractivity contribution is 6.04. The molecule has 96 valence electrons. The Morgan fingerprint density at radius 1 is 1.39 bits per heavy atom. The number of ketones is 1. The van der Waals surface area contributed by atoms with Gasteiger partial charge in [-0.1, -0.05) is 0 Å². The Labute approximate surface area is 104 Å². The molecule has 0 aromatic heterocycles. The minimum absolute atomic E-state index is 0.0605. The largest absolute Gasteiger partial charge is 0.497 e. The number of aliphatic carboxylic acids is 1. The van der Waals surface area contributed by atoms with Gasteiger partial charge in [0.25, 0.3) is 0 Å². The topological polar surface area (TPSA) is 72.8 Å². The van der Waals surface area contributed by atoms with Gasteiger partial charge in [0.2, 0.25) is 0 Å². The summed E-state index contributed by atoms with van der Waals surface area (Å²) >= 11 is 0. The van der Waals surface area contributed by atoms with Gasteiger partial charge in [-0.05, 0) is 11.6 Å². The van der Waals surface area contributed by atoms with Crippen molar-refractivity contribution in [1.82, 2.24) is 0 Å². The predicted octanol–water partition coefficient (Wildman–Crippen LogP) is 1.85. The Morgan fingerprint density at radius 2 is 2.11 bits per heavy atom. The maximum Gasteiger partial charge on any atom is 0.303 e.